The lowest BCUT2D eigenvalue weighted by atomic mass is 10.2. The average molecular weight is 207 g/mol. The van der Waals surface area contributed by atoms with Crippen molar-refractivity contribution in [3.8, 4) is 23.2 Å². The second-order valence-corrected chi connectivity index (χ2v) is 2.88. The van der Waals surface area contributed by atoms with Crippen LogP contribution in [-0.4, -0.2) is 6.26 Å². The SMILES string of the molecule is CSC#Cc1cc(F)ccc1OC#N. The van der Waals surface area contributed by atoms with Crippen LogP contribution in [0.2, 0.25) is 0 Å². The molecule has 4 heteroatoms. The maximum Gasteiger partial charge on any atom is 0.292 e. The first kappa shape index (κ1) is 10.4. The first-order valence-electron chi connectivity index (χ1n) is 3.67. The van der Waals surface area contributed by atoms with Gasteiger partial charge in [-0.3, -0.25) is 0 Å². The molecule has 0 fully saturated rings. The van der Waals surface area contributed by atoms with E-state index in [-0.39, 0.29) is 5.75 Å². The van der Waals surface area contributed by atoms with E-state index in [9.17, 15) is 4.39 Å². The maximum absolute atomic E-state index is 12.8. The lowest BCUT2D eigenvalue weighted by molar-refractivity contribution is 0.503. The summed E-state index contributed by atoms with van der Waals surface area (Å²) in [5, 5.41) is 11.0. The number of hydrogen-bond donors (Lipinski definition) is 0. The Morgan fingerprint density at radius 1 is 1.50 bits per heavy atom. The van der Waals surface area contributed by atoms with E-state index in [1.807, 2.05) is 0 Å². The van der Waals surface area contributed by atoms with E-state index in [1.54, 1.807) is 6.26 Å². The summed E-state index contributed by atoms with van der Waals surface area (Å²) in [5.74, 6) is 2.56. The van der Waals surface area contributed by atoms with E-state index >= 15 is 0 Å². The summed E-state index contributed by atoms with van der Waals surface area (Å²) in [6.45, 7) is 0. The maximum atomic E-state index is 12.8. The molecule has 0 spiro atoms. The zero-order valence-electron chi connectivity index (χ0n) is 7.37. The molecule has 0 unspecified atom stereocenters. The average Bonchev–Trinajstić information content (AvgIpc) is 2.18. The van der Waals surface area contributed by atoms with Gasteiger partial charge in [-0.25, -0.2) is 4.39 Å². The molecule has 0 aliphatic carbocycles. The molecule has 14 heavy (non-hydrogen) atoms. The molecule has 70 valence electrons. The second-order valence-electron chi connectivity index (χ2n) is 2.27. The van der Waals surface area contributed by atoms with Crippen LogP contribution < -0.4 is 4.74 Å². The normalized spacial score (nSPS) is 8.36. The van der Waals surface area contributed by atoms with Gasteiger partial charge in [0, 0.05) is 0 Å². The van der Waals surface area contributed by atoms with Gasteiger partial charge >= 0.3 is 0 Å². The number of halogens is 1. The Kier molecular flexibility index (Phi) is 3.84. The summed E-state index contributed by atoms with van der Waals surface area (Å²) in [4.78, 5) is 0. The summed E-state index contributed by atoms with van der Waals surface area (Å²) in [6.07, 6.45) is 3.33. The van der Waals surface area contributed by atoms with Gasteiger partial charge in [-0.2, -0.15) is 0 Å². The molecule has 0 aromatic heterocycles. The standard InChI is InChI=1S/C10H6FNOS/c1-14-5-4-8-6-9(11)2-3-10(8)13-7-12/h2-3,6H,1H3. The predicted octanol–water partition coefficient (Wildman–Crippen LogP) is 2.36. The van der Waals surface area contributed by atoms with Crippen molar-refractivity contribution in [2.45, 2.75) is 0 Å². The fraction of sp³-hybridized carbons (Fsp3) is 0.100. The zero-order chi connectivity index (χ0) is 10.4. The monoisotopic (exact) mass is 207 g/mol. The van der Waals surface area contributed by atoms with Gasteiger partial charge in [0.05, 0.1) is 5.56 Å². The minimum absolute atomic E-state index is 0.274. The molecule has 0 radical (unpaired) electrons. The summed E-state index contributed by atoms with van der Waals surface area (Å²) >= 11 is 1.31. The van der Waals surface area contributed by atoms with Gasteiger partial charge in [-0.15, -0.1) is 5.26 Å². The van der Waals surface area contributed by atoms with Gasteiger partial charge in [0.2, 0.25) is 0 Å². The van der Waals surface area contributed by atoms with Crippen molar-refractivity contribution >= 4 is 11.8 Å². The van der Waals surface area contributed by atoms with Crippen molar-refractivity contribution in [3.63, 3.8) is 0 Å². The lowest BCUT2D eigenvalue weighted by Crippen LogP contribution is -1.88. The molecule has 0 aliphatic rings. The first-order chi connectivity index (χ1) is 6.77. The molecule has 0 N–H and O–H groups in total. The van der Waals surface area contributed by atoms with Crippen LogP contribution in [0, 0.1) is 28.5 Å². The van der Waals surface area contributed by atoms with Gasteiger partial charge in [-0.05, 0) is 29.7 Å². The van der Waals surface area contributed by atoms with Crippen molar-refractivity contribution in [3.05, 3.63) is 29.6 Å². The third kappa shape index (κ3) is 2.69. The summed E-state index contributed by atoms with van der Waals surface area (Å²) < 4.78 is 17.4. The van der Waals surface area contributed by atoms with Crippen LogP contribution >= 0.6 is 11.8 Å². The third-order valence-corrected chi connectivity index (χ3v) is 1.69. The van der Waals surface area contributed by atoms with Crippen molar-refractivity contribution in [2.75, 3.05) is 6.26 Å². The molecule has 0 atom stereocenters. The highest BCUT2D eigenvalue weighted by molar-refractivity contribution is 8.03. The number of rotatable bonds is 1. The summed E-state index contributed by atoms with van der Waals surface area (Å²) in [7, 11) is 0. The van der Waals surface area contributed by atoms with Crippen LogP contribution in [0.25, 0.3) is 0 Å². The van der Waals surface area contributed by atoms with Crippen LogP contribution in [0.4, 0.5) is 4.39 Å². The molecule has 1 aromatic rings. The quantitative estimate of drug-likeness (QED) is 0.523. The highest BCUT2D eigenvalue weighted by atomic mass is 32.2. The van der Waals surface area contributed by atoms with Crippen molar-refractivity contribution in [1.29, 1.82) is 5.26 Å². The minimum Gasteiger partial charge on any atom is -0.387 e. The number of benzene rings is 1. The van der Waals surface area contributed by atoms with Gasteiger partial charge in [0.25, 0.3) is 6.26 Å². The van der Waals surface area contributed by atoms with E-state index < -0.39 is 5.82 Å². The summed E-state index contributed by atoms with van der Waals surface area (Å²) in [6, 6.07) is 3.83. The Hall–Kier alpha value is -1.65. The Labute approximate surface area is 85.7 Å². The van der Waals surface area contributed by atoms with E-state index in [0.717, 1.165) is 0 Å². The van der Waals surface area contributed by atoms with Crippen molar-refractivity contribution in [2.24, 2.45) is 0 Å². The zero-order valence-corrected chi connectivity index (χ0v) is 8.19. The van der Waals surface area contributed by atoms with Crippen LogP contribution in [0.15, 0.2) is 18.2 Å². The Morgan fingerprint density at radius 3 is 2.93 bits per heavy atom. The minimum atomic E-state index is -0.402. The molecule has 0 saturated carbocycles. The molecule has 0 aliphatic heterocycles. The fourth-order valence-corrected chi connectivity index (χ4v) is 1.06. The number of nitrogens with zero attached hydrogens (tertiary/aromatic N) is 1. The van der Waals surface area contributed by atoms with Gasteiger partial charge in [0.15, 0.2) is 5.75 Å². The first-order valence-corrected chi connectivity index (χ1v) is 4.90. The molecular formula is C10H6FNOS. The van der Waals surface area contributed by atoms with E-state index in [4.69, 9.17) is 5.26 Å². The number of nitriles is 1. The van der Waals surface area contributed by atoms with E-state index in [2.05, 4.69) is 15.9 Å². The smallest absolute Gasteiger partial charge is 0.292 e. The van der Waals surface area contributed by atoms with Crippen LogP contribution in [0.1, 0.15) is 5.56 Å². The van der Waals surface area contributed by atoms with Crippen molar-refractivity contribution in [1.82, 2.24) is 0 Å². The largest absolute Gasteiger partial charge is 0.387 e. The van der Waals surface area contributed by atoms with E-state index in [1.165, 1.54) is 36.2 Å². The van der Waals surface area contributed by atoms with Gasteiger partial charge < -0.3 is 4.74 Å². The Bertz CT molecular complexity index is 428. The van der Waals surface area contributed by atoms with Crippen LogP contribution in [-0.2, 0) is 0 Å². The van der Waals surface area contributed by atoms with Gasteiger partial charge in [-0.1, -0.05) is 17.7 Å². The fourth-order valence-electron chi connectivity index (χ4n) is 0.844. The molecule has 0 bridgehead atoms. The number of hydrogen-bond acceptors (Lipinski definition) is 3. The molecular weight excluding hydrogens is 201 g/mol. The van der Waals surface area contributed by atoms with Crippen LogP contribution in [0.5, 0.6) is 5.75 Å². The molecule has 1 aromatic carbocycles. The number of thioether (sulfide) groups is 1. The van der Waals surface area contributed by atoms with Gasteiger partial charge in [0.1, 0.15) is 5.82 Å². The topological polar surface area (TPSA) is 33.0 Å². The Balaban J connectivity index is 3.10. The Morgan fingerprint density at radius 2 is 2.29 bits per heavy atom. The predicted molar refractivity (Wildman–Crippen MR) is 53.0 cm³/mol. The highest BCUT2D eigenvalue weighted by Crippen LogP contribution is 2.18. The molecule has 2 nitrogen and oxygen atoms in total. The molecule has 0 saturated heterocycles. The molecule has 1 rings (SSSR count). The number of ether oxygens (including phenoxy) is 1. The third-order valence-electron chi connectivity index (χ3n) is 1.38. The lowest BCUT2D eigenvalue weighted by Gasteiger charge is -1.98. The second kappa shape index (κ2) is 5.16. The van der Waals surface area contributed by atoms with Crippen molar-refractivity contribution < 1.29 is 9.13 Å². The highest BCUT2D eigenvalue weighted by Gasteiger charge is 2.02. The molecule has 0 amide bonds. The van der Waals surface area contributed by atoms with Crippen LogP contribution in [0.3, 0.4) is 0 Å². The van der Waals surface area contributed by atoms with E-state index in [0.29, 0.717) is 5.56 Å². The summed E-state index contributed by atoms with van der Waals surface area (Å²) in [5.41, 5.74) is 0.376. The molecule has 0 heterocycles.